The van der Waals surface area contributed by atoms with E-state index < -0.39 is 6.04 Å². The molecule has 3 nitrogen and oxygen atoms in total. The topological polar surface area (TPSA) is 44.5 Å². The molecule has 0 aromatic heterocycles. The molecule has 2 aromatic rings. The number of halogens is 2. The molecule has 1 atom stereocenters. The third-order valence-corrected chi connectivity index (χ3v) is 3.45. The van der Waals surface area contributed by atoms with Crippen LogP contribution >= 0.6 is 23.2 Å². The van der Waals surface area contributed by atoms with Gasteiger partial charge in [0.25, 0.3) is 0 Å². The molecule has 0 saturated carbocycles. The van der Waals surface area contributed by atoms with Crippen LogP contribution in [0.25, 0.3) is 0 Å². The Labute approximate surface area is 128 Å². The maximum absolute atomic E-state index is 6.30. The van der Waals surface area contributed by atoms with Crippen LogP contribution in [0.4, 0.5) is 0 Å². The molecule has 0 saturated heterocycles. The van der Waals surface area contributed by atoms with Crippen molar-refractivity contribution in [2.24, 2.45) is 5.73 Å². The van der Waals surface area contributed by atoms with Crippen molar-refractivity contribution in [1.82, 2.24) is 0 Å². The van der Waals surface area contributed by atoms with E-state index in [-0.39, 0.29) is 0 Å². The van der Waals surface area contributed by atoms with E-state index in [9.17, 15) is 0 Å². The molecular weight excluding hydrogens is 297 g/mol. The van der Waals surface area contributed by atoms with Crippen LogP contribution in [-0.2, 0) is 0 Å². The molecule has 2 aromatic carbocycles. The minimum Gasteiger partial charge on any atom is -0.497 e. The predicted molar refractivity (Wildman–Crippen MR) is 82.0 cm³/mol. The van der Waals surface area contributed by atoms with Crippen molar-refractivity contribution in [2.75, 3.05) is 14.2 Å². The first-order chi connectivity index (χ1) is 9.55. The molecule has 0 bridgehead atoms. The Kier molecular flexibility index (Phi) is 4.76. The van der Waals surface area contributed by atoms with Crippen molar-refractivity contribution in [1.29, 1.82) is 0 Å². The van der Waals surface area contributed by atoms with Gasteiger partial charge in [-0.15, -0.1) is 0 Å². The van der Waals surface area contributed by atoms with Crippen LogP contribution in [0.3, 0.4) is 0 Å². The number of ether oxygens (including phenoxy) is 2. The predicted octanol–water partition coefficient (Wildman–Crippen LogP) is 4.06. The minimum absolute atomic E-state index is 0.406. The van der Waals surface area contributed by atoms with E-state index in [1.54, 1.807) is 32.4 Å². The summed E-state index contributed by atoms with van der Waals surface area (Å²) in [6, 6.07) is 10.3. The van der Waals surface area contributed by atoms with Crippen molar-refractivity contribution in [3.05, 3.63) is 57.6 Å². The zero-order valence-corrected chi connectivity index (χ0v) is 12.7. The van der Waals surface area contributed by atoms with Gasteiger partial charge in [0.05, 0.1) is 20.3 Å². The van der Waals surface area contributed by atoms with Gasteiger partial charge >= 0.3 is 0 Å². The normalized spacial score (nSPS) is 12.1. The van der Waals surface area contributed by atoms with Gasteiger partial charge in [-0.3, -0.25) is 0 Å². The number of methoxy groups -OCH3 is 2. The minimum atomic E-state index is -0.406. The smallest absolute Gasteiger partial charge is 0.124 e. The Morgan fingerprint density at radius 1 is 0.950 bits per heavy atom. The summed E-state index contributed by atoms with van der Waals surface area (Å²) < 4.78 is 10.6. The second kappa shape index (κ2) is 6.35. The Morgan fingerprint density at radius 3 is 2.15 bits per heavy atom. The lowest BCUT2D eigenvalue weighted by Gasteiger charge is -2.17. The summed E-state index contributed by atoms with van der Waals surface area (Å²) in [5.41, 5.74) is 7.93. The lowest BCUT2D eigenvalue weighted by Crippen LogP contribution is -2.13. The molecule has 0 radical (unpaired) electrons. The van der Waals surface area contributed by atoms with Gasteiger partial charge in [0, 0.05) is 15.6 Å². The number of benzene rings is 2. The summed E-state index contributed by atoms with van der Waals surface area (Å²) in [5.74, 6) is 1.40. The molecule has 0 fully saturated rings. The summed E-state index contributed by atoms with van der Waals surface area (Å²) in [6.45, 7) is 0. The highest BCUT2D eigenvalue weighted by molar-refractivity contribution is 6.34. The van der Waals surface area contributed by atoms with Gasteiger partial charge in [0.15, 0.2) is 0 Å². The molecule has 20 heavy (non-hydrogen) atoms. The van der Waals surface area contributed by atoms with Gasteiger partial charge in [0.2, 0.25) is 0 Å². The SMILES string of the molecule is COc1ccc(OC)c(C(N)c2cc(Cl)cc(Cl)c2)c1. The van der Waals surface area contributed by atoms with Crippen LogP contribution < -0.4 is 15.2 Å². The van der Waals surface area contributed by atoms with Crippen LogP contribution in [0, 0.1) is 0 Å². The van der Waals surface area contributed by atoms with E-state index in [2.05, 4.69) is 0 Å². The molecule has 1 unspecified atom stereocenters. The van der Waals surface area contributed by atoms with Crippen molar-refractivity contribution in [3.8, 4) is 11.5 Å². The van der Waals surface area contributed by atoms with E-state index in [0.717, 1.165) is 11.1 Å². The molecule has 0 amide bonds. The first-order valence-electron chi connectivity index (χ1n) is 5.98. The highest BCUT2D eigenvalue weighted by Gasteiger charge is 2.16. The fourth-order valence-corrected chi connectivity index (χ4v) is 2.56. The maximum Gasteiger partial charge on any atom is 0.124 e. The summed E-state index contributed by atoms with van der Waals surface area (Å²) in [6.07, 6.45) is 0. The van der Waals surface area contributed by atoms with E-state index in [1.165, 1.54) is 0 Å². The molecule has 0 aliphatic rings. The first kappa shape index (κ1) is 15.0. The molecule has 0 aliphatic carbocycles. The molecule has 106 valence electrons. The second-order valence-electron chi connectivity index (χ2n) is 4.29. The standard InChI is InChI=1S/C15H15Cl2NO2/c1-19-12-3-4-14(20-2)13(8-12)15(18)9-5-10(16)7-11(17)6-9/h3-8,15H,18H2,1-2H3. The fraction of sp³-hybridized carbons (Fsp3) is 0.200. The Bertz CT molecular complexity index is 597. The van der Waals surface area contributed by atoms with Crippen LogP contribution in [0.5, 0.6) is 11.5 Å². The lowest BCUT2D eigenvalue weighted by atomic mass is 9.98. The maximum atomic E-state index is 6.30. The zero-order valence-electron chi connectivity index (χ0n) is 11.2. The second-order valence-corrected chi connectivity index (χ2v) is 5.16. The molecule has 2 rings (SSSR count). The van der Waals surface area contributed by atoms with E-state index >= 15 is 0 Å². The first-order valence-corrected chi connectivity index (χ1v) is 6.74. The average molecular weight is 312 g/mol. The Balaban J connectivity index is 2.48. The Hall–Kier alpha value is -1.42. The molecule has 5 heteroatoms. The molecule has 0 aliphatic heterocycles. The number of hydrogen-bond donors (Lipinski definition) is 1. The van der Waals surface area contributed by atoms with Crippen LogP contribution in [-0.4, -0.2) is 14.2 Å². The molecular formula is C15H15Cl2NO2. The van der Waals surface area contributed by atoms with Gasteiger partial charge in [-0.25, -0.2) is 0 Å². The largest absolute Gasteiger partial charge is 0.497 e. The summed E-state index contributed by atoms with van der Waals surface area (Å²) in [4.78, 5) is 0. The Morgan fingerprint density at radius 2 is 1.60 bits per heavy atom. The summed E-state index contributed by atoms with van der Waals surface area (Å²) >= 11 is 12.0. The summed E-state index contributed by atoms with van der Waals surface area (Å²) in [5, 5.41) is 1.09. The fourth-order valence-electron chi connectivity index (χ4n) is 2.02. The average Bonchev–Trinajstić information content (AvgIpc) is 2.44. The van der Waals surface area contributed by atoms with Gasteiger partial charge in [0.1, 0.15) is 11.5 Å². The van der Waals surface area contributed by atoms with E-state index in [1.807, 2.05) is 18.2 Å². The number of nitrogens with two attached hydrogens (primary N) is 1. The van der Waals surface area contributed by atoms with Crippen molar-refractivity contribution >= 4 is 23.2 Å². The highest BCUT2D eigenvalue weighted by Crippen LogP contribution is 2.33. The number of rotatable bonds is 4. The lowest BCUT2D eigenvalue weighted by molar-refractivity contribution is 0.397. The van der Waals surface area contributed by atoms with E-state index in [0.29, 0.717) is 21.5 Å². The molecule has 0 spiro atoms. The van der Waals surface area contributed by atoms with Gasteiger partial charge in [-0.2, -0.15) is 0 Å². The van der Waals surface area contributed by atoms with Crippen LogP contribution in [0.2, 0.25) is 10.0 Å². The van der Waals surface area contributed by atoms with Crippen molar-refractivity contribution < 1.29 is 9.47 Å². The quantitative estimate of drug-likeness (QED) is 0.926. The number of hydrogen-bond acceptors (Lipinski definition) is 3. The van der Waals surface area contributed by atoms with E-state index in [4.69, 9.17) is 38.4 Å². The van der Waals surface area contributed by atoms with Crippen molar-refractivity contribution in [2.45, 2.75) is 6.04 Å². The monoisotopic (exact) mass is 311 g/mol. The van der Waals surface area contributed by atoms with Crippen LogP contribution in [0.15, 0.2) is 36.4 Å². The highest BCUT2D eigenvalue weighted by atomic mass is 35.5. The zero-order chi connectivity index (χ0) is 14.7. The van der Waals surface area contributed by atoms with Gasteiger partial charge in [-0.05, 0) is 42.0 Å². The van der Waals surface area contributed by atoms with Gasteiger partial charge < -0.3 is 15.2 Å². The third kappa shape index (κ3) is 3.18. The van der Waals surface area contributed by atoms with Crippen molar-refractivity contribution in [3.63, 3.8) is 0 Å². The third-order valence-electron chi connectivity index (χ3n) is 3.02. The van der Waals surface area contributed by atoms with Crippen LogP contribution in [0.1, 0.15) is 17.2 Å². The molecule has 2 N–H and O–H groups in total. The molecule has 0 heterocycles. The van der Waals surface area contributed by atoms with Gasteiger partial charge in [-0.1, -0.05) is 23.2 Å². The summed E-state index contributed by atoms with van der Waals surface area (Å²) in [7, 11) is 3.20.